The van der Waals surface area contributed by atoms with Crippen LogP contribution in [0.4, 0.5) is 5.69 Å². The molecule has 1 aromatic heterocycles. The standard InChI is InChI=1S/C25H27N3O2/c1-27(24(29)14-17-11-13-28(16-17)25(30)19-2-3-19)22-7-4-18(5-8-22)20-6-9-23-21(15-20)10-12-26-23/h4-10,12,15,17,19,26H,2-3,11,13-14,16H2,1H3/t17-/m0/s1. The second-order valence-electron chi connectivity index (χ2n) is 8.70. The monoisotopic (exact) mass is 401 g/mol. The van der Waals surface area contributed by atoms with Gasteiger partial charge in [0, 0.05) is 49.9 Å². The van der Waals surface area contributed by atoms with Crippen LogP contribution in [0.15, 0.2) is 54.7 Å². The molecule has 3 aromatic rings. The summed E-state index contributed by atoms with van der Waals surface area (Å²) in [6.45, 7) is 1.53. The molecule has 2 fully saturated rings. The molecule has 1 aliphatic heterocycles. The molecule has 30 heavy (non-hydrogen) atoms. The molecule has 0 bridgehead atoms. The number of nitrogens with zero attached hydrogens (tertiary/aromatic N) is 2. The van der Waals surface area contributed by atoms with E-state index in [1.54, 1.807) is 4.90 Å². The number of hydrogen-bond donors (Lipinski definition) is 1. The van der Waals surface area contributed by atoms with Gasteiger partial charge in [-0.3, -0.25) is 9.59 Å². The highest BCUT2D eigenvalue weighted by molar-refractivity contribution is 5.93. The van der Waals surface area contributed by atoms with E-state index in [2.05, 4.69) is 41.4 Å². The molecule has 2 aromatic carbocycles. The lowest BCUT2D eigenvalue weighted by Crippen LogP contribution is -2.32. The average molecular weight is 402 g/mol. The summed E-state index contributed by atoms with van der Waals surface area (Å²) in [6, 6.07) is 16.6. The number of amides is 2. The molecular weight excluding hydrogens is 374 g/mol. The number of hydrogen-bond acceptors (Lipinski definition) is 2. The molecule has 5 nitrogen and oxygen atoms in total. The maximum Gasteiger partial charge on any atom is 0.227 e. The molecule has 154 valence electrons. The Kier molecular flexibility index (Phi) is 4.81. The summed E-state index contributed by atoms with van der Waals surface area (Å²) in [6.07, 6.45) is 5.45. The highest BCUT2D eigenvalue weighted by Gasteiger charge is 2.37. The van der Waals surface area contributed by atoms with Crippen molar-refractivity contribution in [1.29, 1.82) is 0 Å². The molecule has 0 unspecified atom stereocenters. The van der Waals surface area contributed by atoms with Crippen molar-refractivity contribution in [2.24, 2.45) is 11.8 Å². The molecule has 0 radical (unpaired) electrons. The van der Waals surface area contributed by atoms with Gasteiger partial charge in [0.25, 0.3) is 0 Å². The normalized spacial score (nSPS) is 18.7. The first-order valence-corrected chi connectivity index (χ1v) is 10.8. The molecule has 0 spiro atoms. The number of aromatic nitrogens is 1. The van der Waals surface area contributed by atoms with Gasteiger partial charge in [-0.2, -0.15) is 0 Å². The van der Waals surface area contributed by atoms with Crippen LogP contribution in [0.1, 0.15) is 25.7 Å². The summed E-state index contributed by atoms with van der Waals surface area (Å²) in [5.74, 6) is 0.947. The summed E-state index contributed by atoms with van der Waals surface area (Å²) >= 11 is 0. The number of carbonyl (C=O) groups is 2. The number of benzene rings is 2. The zero-order valence-electron chi connectivity index (χ0n) is 17.3. The van der Waals surface area contributed by atoms with Crippen LogP contribution in [0, 0.1) is 11.8 Å². The quantitative estimate of drug-likeness (QED) is 0.687. The molecule has 2 aliphatic rings. The molecule has 1 saturated carbocycles. The highest BCUT2D eigenvalue weighted by Crippen LogP contribution is 2.33. The van der Waals surface area contributed by atoms with Gasteiger partial charge < -0.3 is 14.8 Å². The van der Waals surface area contributed by atoms with Crippen molar-refractivity contribution in [2.45, 2.75) is 25.7 Å². The molecule has 5 heteroatoms. The van der Waals surface area contributed by atoms with E-state index in [0.717, 1.165) is 54.7 Å². The molecular formula is C25H27N3O2. The maximum absolute atomic E-state index is 12.8. The van der Waals surface area contributed by atoms with Gasteiger partial charge in [0.15, 0.2) is 0 Å². The number of H-pyrrole nitrogens is 1. The smallest absolute Gasteiger partial charge is 0.227 e. The van der Waals surface area contributed by atoms with Crippen molar-refractivity contribution < 1.29 is 9.59 Å². The van der Waals surface area contributed by atoms with Crippen molar-refractivity contribution >= 4 is 28.4 Å². The van der Waals surface area contributed by atoms with Crippen molar-refractivity contribution in [2.75, 3.05) is 25.0 Å². The minimum absolute atomic E-state index is 0.113. The first-order chi connectivity index (χ1) is 14.6. The van der Waals surface area contributed by atoms with Crippen LogP contribution in [0.2, 0.25) is 0 Å². The van der Waals surface area contributed by atoms with E-state index in [9.17, 15) is 9.59 Å². The lowest BCUT2D eigenvalue weighted by atomic mass is 10.0. The average Bonchev–Trinajstić information content (AvgIpc) is 3.34. The summed E-state index contributed by atoms with van der Waals surface area (Å²) in [5, 5.41) is 1.19. The number of fused-ring (bicyclic) bond motifs is 1. The van der Waals surface area contributed by atoms with E-state index >= 15 is 0 Å². The first-order valence-electron chi connectivity index (χ1n) is 10.8. The fourth-order valence-corrected chi connectivity index (χ4v) is 4.43. The van der Waals surface area contributed by atoms with Gasteiger partial charge in [-0.1, -0.05) is 18.2 Å². The van der Waals surface area contributed by atoms with Gasteiger partial charge in [-0.15, -0.1) is 0 Å². The Morgan fingerprint density at radius 1 is 1.03 bits per heavy atom. The zero-order valence-corrected chi connectivity index (χ0v) is 17.3. The number of nitrogens with one attached hydrogen (secondary N) is 1. The lowest BCUT2D eigenvalue weighted by Gasteiger charge is -2.20. The predicted octanol–water partition coefficient (Wildman–Crippen LogP) is 4.45. The SMILES string of the molecule is CN(C(=O)C[C@@H]1CCN(C(=O)C2CC2)C1)c1ccc(-c2ccc3[nH]ccc3c2)cc1. The predicted molar refractivity (Wildman–Crippen MR) is 119 cm³/mol. The Labute approximate surface area is 176 Å². The van der Waals surface area contributed by atoms with Crippen LogP contribution in [-0.4, -0.2) is 41.8 Å². The van der Waals surface area contributed by atoms with Gasteiger partial charge in [0.1, 0.15) is 0 Å². The number of carbonyl (C=O) groups excluding carboxylic acids is 2. The van der Waals surface area contributed by atoms with Gasteiger partial charge in [0.05, 0.1) is 0 Å². The van der Waals surface area contributed by atoms with E-state index in [1.165, 1.54) is 5.39 Å². The van der Waals surface area contributed by atoms with Gasteiger partial charge >= 0.3 is 0 Å². The molecule has 2 heterocycles. The van der Waals surface area contributed by atoms with Crippen molar-refractivity contribution in [3.05, 3.63) is 54.7 Å². The summed E-state index contributed by atoms with van der Waals surface area (Å²) in [7, 11) is 1.84. The minimum Gasteiger partial charge on any atom is -0.361 e. The van der Waals surface area contributed by atoms with E-state index in [4.69, 9.17) is 0 Å². The topological polar surface area (TPSA) is 56.4 Å². The van der Waals surface area contributed by atoms with Crippen LogP contribution >= 0.6 is 0 Å². The number of anilines is 1. The summed E-state index contributed by atoms with van der Waals surface area (Å²) in [5.41, 5.74) is 4.32. The number of rotatable bonds is 5. The van der Waals surface area contributed by atoms with E-state index in [1.807, 2.05) is 30.3 Å². The Morgan fingerprint density at radius 2 is 1.80 bits per heavy atom. The van der Waals surface area contributed by atoms with Gasteiger partial charge in [-0.05, 0) is 72.0 Å². The van der Waals surface area contributed by atoms with Crippen molar-refractivity contribution in [3.8, 4) is 11.1 Å². The minimum atomic E-state index is 0.113. The Bertz CT molecular complexity index is 1080. The van der Waals surface area contributed by atoms with E-state index in [-0.39, 0.29) is 17.7 Å². The fourth-order valence-electron chi connectivity index (χ4n) is 4.43. The molecule has 1 aliphatic carbocycles. The largest absolute Gasteiger partial charge is 0.361 e. The molecule has 1 atom stereocenters. The van der Waals surface area contributed by atoms with E-state index < -0.39 is 0 Å². The van der Waals surface area contributed by atoms with Crippen molar-refractivity contribution in [3.63, 3.8) is 0 Å². The van der Waals surface area contributed by atoms with Gasteiger partial charge in [-0.25, -0.2) is 0 Å². The number of likely N-dealkylation sites (tertiary alicyclic amines) is 1. The Balaban J connectivity index is 1.21. The first kappa shape index (κ1) is 18.9. The molecule has 1 N–H and O–H groups in total. The van der Waals surface area contributed by atoms with Gasteiger partial charge in [0.2, 0.25) is 11.8 Å². The third-order valence-corrected chi connectivity index (χ3v) is 6.50. The Morgan fingerprint density at radius 3 is 2.57 bits per heavy atom. The third-order valence-electron chi connectivity index (χ3n) is 6.50. The second-order valence-corrected chi connectivity index (χ2v) is 8.70. The Hall–Kier alpha value is -3.08. The van der Waals surface area contributed by atoms with Crippen molar-refractivity contribution in [1.82, 2.24) is 9.88 Å². The fraction of sp³-hybridized carbons (Fsp3) is 0.360. The summed E-state index contributed by atoms with van der Waals surface area (Å²) < 4.78 is 0. The molecule has 5 rings (SSSR count). The van der Waals surface area contributed by atoms with Crippen LogP contribution in [-0.2, 0) is 9.59 Å². The van der Waals surface area contributed by atoms with E-state index in [0.29, 0.717) is 12.3 Å². The third kappa shape index (κ3) is 3.72. The molecule has 2 amide bonds. The van der Waals surface area contributed by atoms with Crippen LogP contribution < -0.4 is 4.90 Å². The second kappa shape index (κ2) is 7.63. The zero-order chi connectivity index (χ0) is 20.7. The highest BCUT2D eigenvalue weighted by atomic mass is 16.2. The van der Waals surface area contributed by atoms with Crippen LogP contribution in [0.3, 0.4) is 0 Å². The lowest BCUT2D eigenvalue weighted by molar-refractivity contribution is -0.131. The number of aromatic amines is 1. The summed E-state index contributed by atoms with van der Waals surface area (Å²) in [4.78, 5) is 32.0. The molecule has 1 saturated heterocycles. The maximum atomic E-state index is 12.8. The van der Waals surface area contributed by atoms with Crippen LogP contribution in [0.5, 0.6) is 0 Å². The van der Waals surface area contributed by atoms with Crippen LogP contribution in [0.25, 0.3) is 22.0 Å².